The van der Waals surface area contributed by atoms with Crippen LogP contribution in [0.5, 0.6) is 5.75 Å². The molecule has 1 nitrogen and oxygen atoms in total. The minimum atomic E-state index is -1.48. The lowest BCUT2D eigenvalue weighted by Crippen LogP contribution is -2.45. The Morgan fingerprint density at radius 2 is 1.62 bits per heavy atom. The molecular formula is C14H10Cl6O. The van der Waals surface area contributed by atoms with Crippen LogP contribution in [0.15, 0.2) is 40.4 Å². The minimum Gasteiger partial charge on any atom is -0.493 e. The molecule has 1 fully saturated rings. The molecule has 0 spiro atoms. The van der Waals surface area contributed by atoms with Gasteiger partial charge in [-0.3, -0.25) is 0 Å². The van der Waals surface area contributed by atoms with E-state index in [9.17, 15) is 0 Å². The van der Waals surface area contributed by atoms with Crippen molar-refractivity contribution in [2.75, 3.05) is 6.61 Å². The van der Waals surface area contributed by atoms with Gasteiger partial charge in [0.05, 0.1) is 16.7 Å². The van der Waals surface area contributed by atoms with Crippen molar-refractivity contribution in [3.63, 3.8) is 0 Å². The second kappa shape index (κ2) is 5.26. The van der Waals surface area contributed by atoms with Gasteiger partial charge in [0, 0.05) is 5.92 Å². The smallest absolute Gasteiger partial charge is 0.166 e. The molecule has 0 amide bonds. The normalized spacial score (nSPS) is 37.1. The van der Waals surface area contributed by atoms with Gasteiger partial charge in [0.25, 0.3) is 0 Å². The number of ether oxygens (including phenoxy) is 1. The third-order valence-corrected chi connectivity index (χ3v) is 8.42. The molecule has 0 heterocycles. The van der Waals surface area contributed by atoms with Gasteiger partial charge in [-0.2, -0.15) is 0 Å². The van der Waals surface area contributed by atoms with Crippen molar-refractivity contribution in [1.82, 2.24) is 0 Å². The van der Waals surface area contributed by atoms with E-state index in [-0.39, 0.29) is 16.0 Å². The van der Waals surface area contributed by atoms with Crippen LogP contribution in [0.25, 0.3) is 0 Å². The Morgan fingerprint density at radius 1 is 1.00 bits per heavy atom. The first-order valence-corrected chi connectivity index (χ1v) is 8.51. The van der Waals surface area contributed by atoms with Crippen LogP contribution in [0.3, 0.4) is 0 Å². The zero-order valence-corrected chi connectivity index (χ0v) is 15.1. The molecule has 3 atom stereocenters. The van der Waals surface area contributed by atoms with Crippen LogP contribution < -0.4 is 4.74 Å². The van der Waals surface area contributed by atoms with E-state index in [1.807, 2.05) is 30.3 Å². The lowest BCUT2D eigenvalue weighted by molar-refractivity contribution is 0.234. The molecule has 21 heavy (non-hydrogen) atoms. The first kappa shape index (κ1) is 16.4. The second-order valence-electron chi connectivity index (χ2n) is 5.24. The van der Waals surface area contributed by atoms with Gasteiger partial charge in [-0.05, 0) is 18.6 Å². The fourth-order valence-corrected chi connectivity index (χ4v) is 5.75. The van der Waals surface area contributed by atoms with Crippen LogP contribution in [0.4, 0.5) is 0 Å². The number of fused-ring (bicyclic) bond motifs is 2. The number of hydrogen-bond acceptors (Lipinski definition) is 1. The van der Waals surface area contributed by atoms with Crippen molar-refractivity contribution in [1.29, 1.82) is 0 Å². The monoisotopic (exact) mass is 404 g/mol. The van der Waals surface area contributed by atoms with Gasteiger partial charge in [0.2, 0.25) is 0 Å². The SMILES string of the molecule is ClC1=C(Cl)C2(Cl)C(COc3ccccc3)CC1(Cl)C2(Cl)Cl. The molecule has 0 aliphatic heterocycles. The zero-order valence-electron chi connectivity index (χ0n) is 10.6. The molecule has 1 aromatic carbocycles. The average molecular weight is 407 g/mol. The highest BCUT2D eigenvalue weighted by Crippen LogP contribution is 2.74. The van der Waals surface area contributed by atoms with Crippen molar-refractivity contribution in [3.8, 4) is 5.75 Å². The van der Waals surface area contributed by atoms with Crippen LogP contribution in [0.1, 0.15) is 6.42 Å². The third-order valence-electron chi connectivity index (χ3n) is 4.10. The van der Waals surface area contributed by atoms with Crippen molar-refractivity contribution in [3.05, 3.63) is 40.4 Å². The Bertz CT molecular complexity index is 601. The van der Waals surface area contributed by atoms with Gasteiger partial charge in [-0.15, -0.1) is 23.2 Å². The second-order valence-corrected chi connectivity index (χ2v) is 8.57. The Morgan fingerprint density at radius 3 is 2.14 bits per heavy atom. The van der Waals surface area contributed by atoms with Crippen LogP contribution >= 0.6 is 69.6 Å². The summed E-state index contributed by atoms with van der Waals surface area (Å²) >= 11 is 38.4. The van der Waals surface area contributed by atoms with Crippen LogP contribution in [0, 0.1) is 5.92 Å². The summed E-state index contributed by atoms with van der Waals surface area (Å²) in [5, 5.41) is 0.431. The van der Waals surface area contributed by atoms with E-state index in [2.05, 4.69) is 0 Å². The van der Waals surface area contributed by atoms with E-state index in [1.54, 1.807) is 0 Å². The molecule has 0 N–H and O–H groups in total. The van der Waals surface area contributed by atoms with E-state index in [0.29, 0.717) is 13.0 Å². The molecule has 0 aromatic heterocycles. The zero-order chi connectivity index (χ0) is 15.5. The van der Waals surface area contributed by atoms with Crippen molar-refractivity contribution < 1.29 is 4.74 Å². The summed E-state index contributed by atoms with van der Waals surface area (Å²) in [6.07, 6.45) is 0.396. The lowest BCUT2D eigenvalue weighted by atomic mass is 9.93. The number of hydrogen-bond donors (Lipinski definition) is 0. The summed E-state index contributed by atoms with van der Waals surface area (Å²) in [5.41, 5.74) is 0. The number of alkyl halides is 4. The van der Waals surface area contributed by atoms with E-state index in [4.69, 9.17) is 74.3 Å². The van der Waals surface area contributed by atoms with Crippen molar-refractivity contribution in [2.24, 2.45) is 5.92 Å². The van der Waals surface area contributed by atoms with Gasteiger partial charge >= 0.3 is 0 Å². The molecule has 3 rings (SSSR count). The maximum atomic E-state index is 6.65. The molecule has 0 saturated heterocycles. The van der Waals surface area contributed by atoms with E-state index in [1.165, 1.54) is 0 Å². The largest absolute Gasteiger partial charge is 0.493 e. The molecule has 3 unspecified atom stereocenters. The quantitative estimate of drug-likeness (QED) is 0.566. The van der Waals surface area contributed by atoms with Gasteiger partial charge < -0.3 is 4.74 Å². The number of allylic oxidation sites excluding steroid dienone is 2. The predicted octanol–water partition coefficient (Wildman–Crippen LogP) is 5.92. The van der Waals surface area contributed by atoms with Gasteiger partial charge in [0.15, 0.2) is 4.33 Å². The van der Waals surface area contributed by atoms with Gasteiger partial charge in [-0.1, -0.05) is 64.6 Å². The Balaban J connectivity index is 1.87. The van der Waals surface area contributed by atoms with Gasteiger partial charge in [-0.25, -0.2) is 0 Å². The summed E-state index contributed by atoms with van der Waals surface area (Å²) in [5.74, 6) is 0.479. The number of benzene rings is 1. The summed E-state index contributed by atoms with van der Waals surface area (Å²) in [6, 6.07) is 9.37. The highest BCUT2D eigenvalue weighted by Gasteiger charge is 2.78. The summed E-state index contributed by atoms with van der Waals surface area (Å²) in [7, 11) is 0. The first-order valence-electron chi connectivity index (χ1n) is 6.25. The topological polar surface area (TPSA) is 9.23 Å². The molecule has 2 aliphatic carbocycles. The number of para-hydroxylation sites is 1. The van der Waals surface area contributed by atoms with Crippen LogP contribution in [-0.4, -0.2) is 20.7 Å². The molecule has 2 aliphatic rings. The Kier molecular flexibility index (Phi) is 4.10. The Hall–Kier alpha value is 0.500. The molecule has 7 heteroatoms. The summed E-state index contributed by atoms with van der Waals surface area (Å²) in [6.45, 7) is 0.295. The molecule has 114 valence electrons. The summed E-state index contributed by atoms with van der Waals surface area (Å²) in [4.78, 5) is -2.42. The third kappa shape index (κ3) is 2.05. The van der Waals surface area contributed by atoms with Crippen molar-refractivity contribution in [2.45, 2.75) is 20.5 Å². The molecular weight excluding hydrogens is 397 g/mol. The molecule has 0 radical (unpaired) electrons. The predicted molar refractivity (Wildman–Crippen MR) is 90.4 cm³/mol. The number of rotatable bonds is 3. The first-order chi connectivity index (χ1) is 9.75. The number of halogens is 6. The highest BCUT2D eigenvalue weighted by molar-refractivity contribution is 6.65. The molecule has 1 saturated carbocycles. The summed E-state index contributed by atoms with van der Waals surface area (Å²) < 4.78 is 4.26. The fraction of sp³-hybridized carbons (Fsp3) is 0.429. The average Bonchev–Trinajstić information content (AvgIpc) is 2.68. The minimum absolute atomic E-state index is 0.207. The highest BCUT2D eigenvalue weighted by atomic mass is 35.5. The van der Waals surface area contributed by atoms with E-state index in [0.717, 1.165) is 5.75 Å². The van der Waals surface area contributed by atoms with E-state index < -0.39 is 14.1 Å². The maximum absolute atomic E-state index is 6.65. The maximum Gasteiger partial charge on any atom is 0.166 e. The Labute approximate surface area is 153 Å². The molecule has 2 bridgehead atoms. The van der Waals surface area contributed by atoms with Gasteiger partial charge in [0.1, 0.15) is 15.5 Å². The molecule has 1 aromatic rings. The van der Waals surface area contributed by atoms with Crippen LogP contribution in [0.2, 0.25) is 0 Å². The lowest BCUT2D eigenvalue weighted by Gasteiger charge is -2.33. The fourth-order valence-electron chi connectivity index (χ4n) is 2.92. The standard InChI is InChI=1S/C14H10Cl6O/c15-10-11(16)13(18)8(6-12(10,17)14(13,19)20)7-21-9-4-2-1-3-5-9/h1-5,8H,6-7H2. The van der Waals surface area contributed by atoms with Crippen molar-refractivity contribution >= 4 is 69.6 Å². The van der Waals surface area contributed by atoms with E-state index >= 15 is 0 Å². The van der Waals surface area contributed by atoms with Crippen LogP contribution in [-0.2, 0) is 0 Å².